The molecule has 0 aromatic carbocycles. The fourth-order valence-electron chi connectivity index (χ4n) is 1.97. The van der Waals surface area contributed by atoms with Crippen molar-refractivity contribution in [3.8, 4) is 0 Å². The molecule has 0 aliphatic rings. The predicted molar refractivity (Wildman–Crippen MR) is 77.1 cm³/mol. The molecule has 0 saturated carbocycles. The van der Waals surface area contributed by atoms with Gasteiger partial charge in [0.15, 0.2) is 0 Å². The fraction of sp³-hybridized carbons (Fsp3) is 0.462. The van der Waals surface area contributed by atoms with E-state index in [2.05, 4.69) is 25.7 Å². The van der Waals surface area contributed by atoms with Gasteiger partial charge in [0.1, 0.15) is 11.4 Å². The minimum atomic E-state index is -4.50. The van der Waals surface area contributed by atoms with Crippen molar-refractivity contribution in [2.45, 2.75) is 33.0 Å². The van der Waals surface area contributed by atoms with E-state index < -0.39 is 11.7 Å². The molecule has 2 rings (SSSR count). The molecule has 0 fully saturated rings. The smallest absolute Gasteiger partial charge is 0.372 e. The molecule has 0 aliphatic heterocycles. The molecule has 2 aromatic rings. The molecule has 9 heteroatoms. The molecule has 6 nitrogen and oxygen atoms in total. The number of halogens is 3. The van der Waals surface area contributed by atoms with Crippen LogP contribution in [0.3, 0.4) is 0 Å². The van der Waals surface area contributed by atoms with Gasteiger partial charge < -0.3 is 10.6 Å². The lowest BCUT2D eigenvalue weighted by atomic mass is 10.3. The van der Waals surface area contributed by atoms with Crippen LogP contribution in [-0.2, 0) is 12.7 Å². The number of aryl methyl sites for hydroxylation is 1. The van der Waals surface area contributed by atoms with Crippen LogP contribution in [-0.4, -0.2) is 26.8 Å². The highest BCUT2D eigenvalue weighted by molar-refractivity contribution is 5.57. The van der Waals surface area contributed by atoms with E-state index in [0.717, 1.165) is 24.9 Å². The first-order valence-corrected chi connectivity index (χ1v) is 6.78. The van der Waals surface area contributed by atoms with E-state index in [4.69, 9.17) is 0 Å². The van der Waals surface area contributed by atoms with Crippen molar-refractivity contribution in [1.29, 1.82) is 0 Å². The molecule has 0 aliphatic carbocycles. The monoisotopic (exact) mass is 314 g/mol. The first-order chi connectivity index (χ1) is 10.4. The molecule has 0 amide bonds. The standard InChI is InChI=1S/C13H17F3N6/c1-4-5-22-8(2)10(7-19-22)20-12-18-6-9(13(14,15)16)11(17-3)21-12/h6-7H,4-5H2,1-3H3,(H2,17,18,20,21). The Bertz CT molecular complexity index is 650. The van der Waals surface area contributed by atoms with E-state index in [9.17, 15) is 13.2 Å². The van der Waals surface area contributed by atoms with Crippen LogP contribution in [0.15, 0.2) is 12.4 Å². The topological polar surface area (TPSA) is 67.7 Å². The summed E-state index contributed by atoms with van der Waals surface area (Å²) in [4.78, 5) is 7.59. The van der Waals surface area contributed by atoms with Gasteiger partial charge in [0.25, 0.3) is 0 Å². The molecule has 0 saturated heterocycles. The number of aromatic nitrogens is 4. The number of nitrogens with zero attached hydrogens (tertiary/aromatic N) is 4. The van der Waals surface area contributed by atoms with Crippen molar-refractivity contribution in [3.05, 3.63) is 23.7 Å². The zero-order chi connectivity index (χ0) is 16.3. The van der Waals surface area contributed by atoms with E-state index >= 15 is 0 Å². The van der Waals surface area contributed by atoms with Gasteiger partial charge in [-0.3, -0.25) is 4.68 Å². The molecule has 0 radical (unpaired) electrons. The SMILES string of the molecule is CCCn1ncc(Nc2ncc(C(F)(F)F)c(NC)n2)c1C. The highest BCUT2D eigenvalue weighted by Crippen LogP contribution is 2.33. The minimum absolute atomic E-state index is 0.0801. The number of rotatable bonds is 5. The van der Waals surface area contributed by atoms with Gasteiger partial charge in [-0.1, -0.05) is 6.92 Å². The number of alkyl halides is 3. The summed E-state index contributed by atoms with van der Waals surface area (Å²) in [5, 5.41) is 9.53. The number of hydrogen-bond donors (Lipinski definition) is 2. The third kappa shape index (κ3) is 3.29. The Hall–Kier alpha value is -2.32. The Labute approximate surface area is 125 Å². The van der Waals surface area contributed by atoms with Crippen LogP contribution in [0.2, 0.25) is 0 Å². The molecule has 0 unspecified atom stereocenters. The van der Waals surface area contributed by atoms with Gasteiger partial charge in [-0.15, -0.1) is 0 Å². The molecule has 2 aromatic heterocycles. The Morgan fingerprint density at radius 2 is 2.00 bits per heavy atom. The van der Waals surface area contributed by atoms with Crippen LogP contribution in [0.1, 0.15) is 24.6 Å². The Kier molecular flexibility index (Phi) is 4.53. The first-order valence-electron chi connectivity index (χ1n) is 6.78. The summed E-state index contributed by atoms with van der Waals surface area (Å²) in [7, 11) is 1.38. The van der Waals surface area contributed by atoms with Crippen molar-refractivity contribution in [2.24, 2.45) is 0 Å². The largest absolute Gasteiger partial charge is 0.421 e. The summed E-state index contributed by atoms with van der Waals surface area (Å²) in [5.74, 6) is -0.194. The molecule has 2 heterocycles. The normalized spacial score (nSPS) is 11.5. The molecule has 0 spiro atoms. The first kappa shape index (κ1) is 16.1. The van der Waals surface area contributed by atoms with Crippen LogP contribution in [0.25, 0.3) is 0 Å². The van der Waals surface area contributed by atoms with Crippen LogP contribution >= 0.6 is 0 Å². The van der Waals surface area contributed by atoms with Gasteiger partial charge in [0.05, 0.1) is 17.6 Å². The quantitative estimate of drug-likeness (QED) is 0.887. The zero-order valence-electron chi connectivity index (χ0n) is 12.5. The predicted octanol–water partition coefficient (Wildman–Crippen LogP) is 3.20. The van der Waals surface area contributed by atoms with Gasteiger partial charge in [0.2, 0.25) is 5.95 Å². The summed E-state index contributed by atoms with van der Waals surface area (Å²) in [5.41, 5.74) is 0.630. The Balaban J connectivity index is 2.27. The van der Waals surface area contributed by atoms with E-state index in [-0.39, 0.29) is 11.8 Å². The maximum absolute atomic E-state index is 12.8. The molecular weight excluding hydrogens is 297 g/mol. The van der Waals surface area contributed by atoms with Gasteiger partial charge in [-0.2, -0.15) is 23.3 Å². The summed E-state index contributed by atoms with van der Waals surface area (Å²) in [6.07, 6.45) is -1.21. The zero-order valence-corrected chi connectivity index (χ0v) is 12.5. The maximum Gasteiger partial charge on any atom is 0.421 e. The third-order valence-corrected chi connectivity index (χ3v) is 3.12. The summed E-state index contributed by atoms with van der Waals surface area (Å²) >= 11 is 0. The van der Waals surface area contributed by atoms with E-state index in [1.807, 2.05) is 18.5 Å². The van der Waals surface area contributed by atoms with E-state index in [0.29, 0.717) is 5.69 Å². The maximum atomic E-state index is 12.8. The second-order valence-corrected chi connectivity index (χ2v) is 4.70. The highest BCUT2D eigenvalue weighted by Gasteiger charge is 2.35. The van der Waals surface area contributed by atoms with Gasteiger partial charge in [0, 0.05) is 19.8 Å². The second kappa shape index (κ2) is 6.20. The number of hydrogen-bond acceptors (Lipinski definition) is 5. The van der Waals surface area contributed by atoms with Crippen LogP contribution in [0.5, 0.6) is 0 Å². The highest BCUT2D eigenvalue weighted by atomic mass is 19.4. The second-order valence-electron chi connectivity index (χ2n) is 4.70. The third-order valence-electron chi connectivity index (χ3n) is 3.12. The lowest BCUT2D eigenvalue weighted by molar-refractivity contribution is -0.137. The van der Waals surface area contributed by atoms with Crippen LogP contribution < -0.4 is 10.6 Å². The van der Waals surface area contributed by atoms with Crippen molar-refractivity contribution in [1.82, 2.24) is 19.7 Å². The minimum Gasteiger partial charge on any atom is -0.372 e. The molecule has 120 valence electrons. The lowest BCUT2D eigenvalue weighted by Crippen LogP contribution is -2.12. The Morgan fingerprint density at radius 3 is 2.59 bits per heavy atom. The number of anilines is 3. The van der Waals surface area contributed by atoms with Crippen molar-refractivity contribution >= 4 is 17.5 Å². The molecule has 22 heavy (non-hydrogen) atoms. The molecule has 2 N–H and O–H groups in total. The molecule has 0 bridgehead atoms. The van der Waals surface area contributed by atoms with Gasteiger partial charge >= 0.3 is 6.18 Å². The fourth-order valence-corrected chi connectivity index (χ4v) is 1.97. The lowest BCUT2D eigenvalue weighted by Gasteiger charge is -2.12. The average molecular weight is 314 g/mol. The van der Waals surface area contributed by atoms with E-state index in [1.54, 1.807) is 6.20 Å². The average Bonchev–Trinajstić information content (AvgIpc) is 2.79. The number of nitrogens with one attached hydrogen (secondary N) is 2. The Morgan fingerprint density at radius 1 is 1.27 bits per heavy atom. The van der Waals surface area contributed by atoms with Crippen molar-refractivity contribution in [3.63, 3.8) is 0 Å². The molecule has 0 atom stereocenters. The van der Waals surface area contributed by atoms with Crippen LogP contribution in [0.4, 0.5) is 30.6 Å². The van der Waals surface area contributed by atoms with Gasteiger partial charge in [-0.05, 0) is 13.3 Å². The summed E-state index contributed by atoms with van der Waals surface area (Å²) in [6, 6.07) is 0. The van der Waals surface area contributed by atoms with Crippen LogP contribution in [0, 0.1) is 6.92 Å². The van der Waals surface area contributed by atoms with Crippen molar-refractivity contribution in [2.75, 3.05) is 17.7 Å². The summed E-state index contributed by atoms with van der Waals surface area (Å²) in [6.45, 7) is 4.67. The van der Waals surface area contributed by atoms with Crippen molar-refractivity contribution < 1.29 is 13.2 Å². The van der Waals surface area contributed by atoms with Gasteiger partial charge in [-0.25, -0.2) is 4.98 Å². The molecular formula is C13H17F3N6. The summed E-state index contributed by atoms with van der Waals surface area (Å²) < 4.78 is 40.2. The van der Waals surface area contributed by atoms with E-state index in [1.165, 1.54) is 7.05 Å².